The van der Waals surface area contributed by atoms with Crippen LogP contribution in [0.1, 0.15) is 33.3 Å². The van der Waals surface area contributed by atoms with Gasteiger partial charge in [0.1, 0.15) is 5.37 Å². The molecule has 1 unspecified atom stereocenters. The molecule has 9 nitrogen and oxygen atoms in total. The fourth-order valence-electron chi connectivity index (χ4n) is 4.16. The Morgan fingerprint density at radius 2 is 1.89 bits per heavy atom. The lowest BCUT2D eigenvalue weighted by Crippen LogP contribution is -2.68. The Morgan fingerprint density at radius 1 is 1.23 bits per heavy atom. The molecule has 1 aromatic carbocycles. The molecular weight excluding hydrogens is 488 g/mol. The predicted molar refractivity (Wildman–Crippen MR) is 135 cm³/mol. The third-order valence-electron chi connectivity index (χ3n) is 6.11. The third-order valence-corrected chi connectivity index (χ3v) is 9.50. The van der Waals surface area contributed by atoms with E-state index in [9.17, 15) is 19.2 Å². The highest BCUT2D eigenvalue weighted by atomic mass is 32.2. The molecule has 1 fully saturated rings. The maximum absolute atomic E-state index is 13.7. The lowest BCUT2D eigenvalue weighted by Gasteiger charge is -2.55. The number of ether oxygens (including phenoxy) is 1. The Hall–Kier alpha value is -2.63. The highest BCUT2D eigenvalue weighted by Gasteiger charge is 2.60. The van der Waals surface area contributed by atoms with Crippen LogP contribution >= 0.6 is 23.5 Å². The first-order chi connectivity index (χ1) is 16.4. The van der Waals surface area contributed by atoms with E-state index in [0.717, 1.165) is 5.56 Å². The molecule has 0 spiro atoms. The highest BCUT2D eigenvalue weighted by molar-refractivity contribution is 8.18. The summed E-state index contributed by atoms with van der Waals surface area (Å²) >= 11 is 2.79. The molecule has 1 amide bonds. The number of fused-ring (bicyclic) bond motifs is 1. The van der Waals surface area contributed by atoms with Gasteiger partial charge >= 0.3 is 11.1 Å². The minimum absolute atomic E-state index is 0.149. The van der Waals surface area contributed by atoms with Gasteiger partial charge in [0.15, 0.2) is 17.0 Å². The summed E-state index contributed by atoms with van der Waals surface area (Å²) in [7, 11) is 3.09. The Bertz CT molecular complexity index is 1330. The van der Waals surface area contributed by atoms with Crippen LogP contribution in [0.5, 0.6) is 0 Å². The normalized spacial score (nSPS) is 24.3. The van der Waals surface area contributed by atoms with E-state index in [2.05, 4.69) is 10.1 Å². The van der Waals surface area contributed by atoms with E-state index in [1.54, 1.807) is 11.9 Å². The zero-order chi connectivity index (χ0) is 25.7. The number of nitrogens with one attached hydrogen (secondary N) is 1. The van der Waals surface area contributed by atoms with E-state index in [1.165, 1.54) is 35.3 Å². The number of nitrogens with zero attached hydrogens (tertiary/aromatic N) is 3. The van der Waals surface area contributed by atoms with Crippen molar-refractivity contribution < 1.29 is 14.3 Å². The van der Waals surface area contributed by atoms with Crippen molar-refractivity contribution in [3.63, 3.8) is 0 Å². The number of β-lactam (4-membered cyclic amide) rings is 1. The molecule has 186 valence electrons. The van der Waals surface area contributed by atoms with Gasteiger partial charge in [0.05, 0.1) is 9.78 Å². The first-order valence-electron chi connectivity index (χ1n) is 11.1. The fraction of sp³-hybridized carbons (Fsp3) is 0.458. The number of benzene rings is 1. The number of rotatable bonds is 6. The number of methoxy groups -OCH3 is 1. The maximum atomic E-state index is 13.7. The molecule has 35 heavy (non-hydrogen) atoms. The van der Waals surface area contributed by atoms with Crippen LogP contribution in [0.3, 0.4) is 0 Å². The summed E-state index contributed by atoms with van der Waals surface area (Å²) in [5, 5.41) is 2.37. The summed E-state index contributed by atoms with van der Waals surface area (Å²) < 4.78 is 6.09. The minimum atomic E-state index is -0.885. The van der Waals surface area contributed by atoms with Gasteiger partial charge in [-0.3, -0.25) is 33.9 Å². The number of amides is 1. The first-order valence-corrected chi connectivity index (χ1v) is 12.8. The van der Waals surface area contributed by atoms with Crippen molar-refractivity contribution in [3.8, 4) is 0 Å². The lowest BCUT2D eigenvalue weighted by atomic mass is 9.84. The topological polar surface area (TPSA) is 114 Å². The van der Waals surface area contributed by atoms with Gasteiger partial charge in [0.2, 0.25) is 0 Å². The fourth-order valence-corrected chi connectivity index (χ4v) is 7.55. The van der Waals surface area contributed by atoms with Crippen LogP contribution in [0.4, 0.5) is 0 Å². The van der Waals surface area contributed by atoms with Crippen LogP contribution in [0.25, 0.3) is 0 Å². The average molecular weight is 517 g/mol. The van der Waals surface area contributed by atoms with Gasteiger partial charge < -0.3 is 4.74 Å². The number of aryl methyl sites for hydroxylation is 1. The van der Waals surface area contributed by atoms with E-state index in [1.807, 2.05) is 58.0 Å². The van der Waals surface area contributed by atoms with Crippen molar-refractivity contribution in [3.05, 3.63) is 67.9 Å². The third kappa shape index (κ3) is 4.41. The SMILES string of the molecule is CO[C@H]1C(=O)N2C(C(=O)C(C)(C)C)=C(C)C(Cc3ccccc3)(Sc3nc(=O)c(=O)[nH]n3C)S[C@@H]12. The molecule has 1 N–H and O–H groups in total. The van der Waals surface area contributed by atoms with Gasteiger partial charge in [0.25, 0.3) is 5.91 Å². The van der Waals surface area contributed by atoms with Crippen molar-refractivity contribution in [2.24, 2.45) is 12.5 Å². The van der Waals surface area contributed by atoms with E-state index in [4.69, 9.17) is 4.74 Å². The maximum Gasteiger partial charge on any atom is 0.339 e. The van der Waals surface area contributed by atoms with Crippen LogP contribution in [-0.4, -0.2) is 54.0 Å². The van der Waals surface area contributed by atoms with Gasteiger partial charge in [-0.2, -0.15) is 4.98 Å². The van der Waals surface area contributed by atoms with Crippen LogP contribution < -0.4 is 11.1 Å². The van der Waals surface area contributed by atoms with Crippen molar-refractivity contribution >= 4 is 35.2 Å². The molecule has 2 aromatic rings. The van der Waals surface area contributed by atoms with E-state index in [-0.39, 0.29) is 11.7 Å². The van der Waals surface area contributed by atoms with E-state index < -0.39 is 32.1 Å². The Kier molecular flexibility index (Phi) is 6.62. The monoisotopic (exact) mass is 516 g/mol. The van der Waals surface area contributed by atoms with E-state index >= 15 is 0 Å². The summed E-state index contributed by atoms with van der Waals surface area (Å²) in [5.41, 5.74) is -0.348. The number of aromatic amines is 1. The molecule has 0 radical (unpaired) electrons. The number of H-pyrrole nitrogens is 1. The predicted octanol–water partition coefficient (Wildman–Crippen LogP) is 2.32. The zero-order valence-electron chi connectivity index (χ0n) is 20.4. The smallest absolute Gasteiger partial charge is 0.339 e. The largest absolute Gasteiger partial charge is 0.368 e. The second-order valence-corrected chi connectivity index (χ2v) is 12.6. The molecule has 3 heterocycles. The highest BCUT2D eigenvalue weighted by Crippen LogP contribution is 2.59. The molecule has 0 aliphatic carbocycles. The van der Waals surface area contributed by atoms with Crippen LogP contribution in [0.2, 0.25) is 0 Å². The number of ketones is 1. The second kappa shape index (κ2) is 9.11. The molecule has 0 saturated carbocycles. The standard InChI is InChI=1S/C24H28N4O5S2/c1-13-15(17(29)23(2,3)4)28-20(32)16(33-6)21(28)34-24(13,12-14-10-8-7-9-11-14)35-22-25-18(30)19(31)26-27(22)5/h7-11,16,21H,12H2,1-6H3,(H,26,31)/t16-,21-,24?/m0/s1. The molecule has 11 heteroatoms. The molecule has 0 bridgehead atoms. The molecule has 3 atom stereocenters. The summed E-state index contributed by atoms with van der Waals surface area (Å²) in [5.74, 6) is -0.394. The lowest BCUT2D eigenvalue weighted by molar-refractivity contribution is -0.160. The summed E-state index contributed by atoms with van der Waals surface area (Å²) in [4.78, 5) is 56.2. The number of aromatic nitrogens is 3. The van der Waals surface area contributed by atoms with Crippen molar-refractivity contribution in [1.82, 2.24) is 19.7 Å². The quantitative estimate of drug-likeness (QED) is 0.460. The van der Waals surface area contributed by atoms with Crippen LogP contribution in [-0.2, 0) is 27.8 Å². The van der Waals surface area contributed by atoms with Crippen molar-refractivity contribution in [1.29, 1.82) is 0 Å². The van der Waals surface area contributed by atoms with E-state index in [0.29, 0.717) is 22.8 Å². The molecule has 1 saturated heterocycles. The number of hydrogen-bond acceptors (Lipinski definition) is 8. The average Bonchev–Trinajstić information content (AvgIpc) is 2.79. The van der Waals surface area contributed by atoms with Gasteiger partial charge in [-0.1, -0.05) is 62.9 Å². The molecule has 1 aromatic heterocycles. The van der Waals surface area contributed by atoms with Crippen LogP contribution in [0.15, 0.2) is 56.3 Å². The Labute approximate surface area is 211 Å². The number of thioether (sulfide) groups is 2. The summed E-state index contributed by atoms with van der Waals surface area (Å²) in [6.07, 6.45) is -0.209. The summed E-state index contributed by atoms with van der Waals surface area (Å²) in [6.45, 7) is 7.33. The van der Waals surface area contributed by atoms with Gasteiger partial charge in [-0.05, 0) is 18.1 Å². The zero-order valence-corrected chi connectivity index (χ0v) is 22.1. The molecule has 2 aliphatic rings. The number of carbonyl (C=O) groups is 2. The Balaban J connectivity index is 1.95. The number of allylic oxidation sites excluding steroid dienone is 1. The molecule has 4 rings (SSSR count). The van der Waals surface area contributed by atoms with Gasteiger partial charge in [0, 0.05) is 26.0 Å². The summed E-state index contributed by atoms with van der Waals surface area (Å²) in [6, 6.07) is 9.79. The second-order valence-electron chi connectivity index (χ2n) is 9.64. The van der Waals surface area contributed by atoms with Crippen molar-refractivity contribution in [2.75, 3.05) is 7.11 Å². The number of carbonyl (C=O) groups excluding carboxylic acids is 2. The van der Waals surface area contributed by atoms with Crippen LogP contribution in [0, 0.1) is 5.41 Å². The minimum Gasteiger partial charge on any atom is -0.368 e. The molecular formula is C24H28N4O5S2. The van der Waals surface area contributed by atoms with Crippen molar-refractivity contribution in [2.45, 2.75) is 54.8 Å². The number of Topliss-reactive ketones (excluding diaryl/α,β-unsaturated/α-hetero) is 1. The number of hydrogen-bond donors (Lipinski definition) is 1. The first kappa shape index (κ1) is 25.5. The van der Waals surface area contributed by atoms with Gasteiger partial charge in [-0.15, -0.1) is 11.8 Å². The Morgan fingerprint density at radius 3 is 2.49 bits per heavy atom. The van der Waals surface area contributed by atoms with Gasteiger partial charge in [-0.25, -0.2) is 0 Å². The molecule has 2 aliphatic heterocycles.